The fourth-order valence-corrected chi connectivity index (χ4v) is 9.54. The van der Waals surface area contributed by atoms with E-state index < -0.39 is 8.96 Å². The summed E-state index contributed by atoms with van der Waals surface area (Å²) in [6.07, 6.45) is 0. The van der Waals surface area contributed by atoms with Crippen molar-refractivity contribution in [1.29, 1.82) is 0 Å². The van der Waals surface area contributed by atoms with E-state index in [1.54, 1.807) is 10.5 Å². The largest absolute Gasteiger partial charge is 0.402 e. The van der Waals surface area contributed by atoms with Crippen LogP contribution >= 0.6 is 27.3 Å². The van der Waals surface area contributed by atoms with Crippen molar-refractivity contribution in [2.45, 2.75) is 65.5 Å². The summed E-state index contributed by atoms with van der Waals surface area (Å²) < 4.78 is 3.89. The van der Waals surface area contributed by atoms with Crippen LogP contribution in [0.15, 0.2) is 33.6 Å². The van der Waals surface area contributed by atoms with Gasteiger partial charge < -0.3 is 4.57 Å². The first-order valence-electron chi connectivity index (χ1n) is 9.96. The molecule has 3 rings (SSSR count). The highest BCUT2D eigenvalue weighted by molar-refractivity contribution is 9.10. The van der Waals surface area contributed by atoms with Gasteiger partial charge in [0.2, 0.25) is 0 Å². The highest BCUT2D eigenvalue weighted by Gasteiger charge is 2.36. The zero-order chi connectivity index (χ0) is 20.0. The molecule has 1 aromatic carbocycles. The van der Waals surface area contributed by atoms with Gasteiger partial charge in [-0.2, -0.15) is 0 Å². The summed E-state index contributed by atoms with van der Waals surface area (Å²) in [5.74, 6) is 1.02. The van der Waals surface area contributed by atoms with E-state index in [1.165, 1.54) is 32.4 Å². The normalized spacial score (nSPS) is 17.8. The maximum absolute atomic E-state index is 3.76. The van der Waals surface area contributed by atoms with Gasteiger partial charge in [0.15, 0.2) is 0 Å². The van der Waals surface area contributed by atoms with E-state index in [0.29, 0.717) is 17.4 Å². The van der Waals surface area contributed by atoms with Crippen LogP contribution in [0, 0.1) is 0 Å². The van der Waals surface area contributed by atoms with E-state index in [1.807, 2.05) is 11.3 Å². The van der Waals surface area contributed by atoms with Crippen LogP contribution in [0.4, 0.5) is 5.69 Å². The Hall–Kier alpha value is -0.843. The molecule has 0 saturated carbocycles. The zero-order valence-corrected chi connectivity index (χ0v) is 21.4. The Labute approximate surface area is 179 Å². The second-order valence-corrected chi connectivity index (χ2v) is 13.4. The van der Waals surface area contributed by atoms with Crippen LogP contribution in [0.5, 0.6) is 0 Å². The lowest BCUT2D eigenvalue weighted by Gasteiger charge is -2.36. The first-order chi connectivity index (χ1) is 12.6. The SMILES string of the molecule is CC1=C(C)C([SiH](C)N(C)c2c(C(C)C)cc(Br)cc2C(C)C)c2sccc21. The summed E-state index contributed by atoms with van der Waals surface area (Å²) in [5, 5.41) is 2.27. The van der Waals surface area contributed by atoms with Gasteiger partial charge >= 0.3 is 0 Å². The molecule has 0 spiro atoms. The summed E-state index contributed by atoms with van der Waals surface area (Å²) in [4.78, 5) is 1.60. The number of allylic oxidation sites excluding steroid dienone is 2. The molecule has 1 aliphatic carbocycles. The average Bonchev–Trinajstić information content (AvgIpc) is 3.16. The predicted molar refractivity (Wildman–Crippen MR) is 129 cm³/mol. The van der Waals surface area contributed by atoms with Gasteiger partial charge in [0.1, 0.15) is 8.96 Å². The Morgan fingerprint density at radius 2 is 1.63 bits per heavy atom. The number of fused-ring (bicyclic) bond motifs is 1. The second-order valence-electron chi connectivity index (χ2n) is 8.58. The van der Waals surface area contributed by atoms with Crippen molar-refractivity contribution in [3.63, 3.8) is 0 Å². The summed E-state index contributed by atoms with van der Waals surface area (Å²) >= 11 is 5.71. The fraction of sp³-hybridized carbons (Fsp3) is 0.478. The fourth-order valence-electron chi connectivity index (χ4n) is 4.45. The minimum absolute atomic E-state index is 0.512. The van der Waals surface area contributed by atoms with E-state index in [4.69, 9.17) is 0 Å². The molecule has 146 valence electrons. The maximum Gasteiger partial charge on any atom is 0.149 e. The first kappa shape index (κ1) is 20.9. The van der Waals surface area contributed by atoms with Crippen LogP contribution in [0.25, 0.3) is 5.57 Å². The third-order valence-electron chi connectivity index (χ3n) is 6.26. The van der Waals surface area contributed by atoms with E-state index in [0.717, 1.165) is 0 Å². The third-order valence-corrected chi connectivity index (χ3v) is 11.2. The number of halogens is 1. The highest BCUT2D eigenvalue weighted by Crippen LogP contribution is 2.47. The average molecular weight is 463 g/mol. The molecule has 1 aliphatic rings. The quantitative estimate of drug-likeness (QED) is 0.412. The number of hydrogen-bond donors (Lipinski definition) is 0. The number of hydrogen-bond acceptors (Lipinski definition) is 2. The minimum atomic E-state index is -1.26. The first-order valence-corrected chi connectivity index (χ1v) is 14.0. The van der Waals surface area contributed by atoms with Crippen LogP contribution in [0.2, 0.25) is 6.55 Å². The number of thiophene rings is 1. The van der Waals surface area contributed by atoms with Gasteiger partial charge in [0.25, 0.3) is 0 Å². The molecule has 0 bridgehead atoms. The molecule has 2 unspecified atom stereocenters. The van der Waals surface area contributed by atoms with Crippen molar-refractivity contribution in [3.05, 3.63) is 55.2 Å². The minimum Gasteiger partial charge on any atom is -0.402 e. The van der Waals surface area contributed by atoms with Crippen LogP contribution < -0.4 is 4.57 Å². The smallest absolute Gasteiger partial charge is 0.149 e. The molecule has 4 heteroatoms. The number of benzene rings is 1. The van der Waals surface area contributed by atoms with Gasteiger partial charge in [-0.1, -0.05) is 55.7 Å². The molecule has 1 nitrogen and oxygen atoms in total. The van der Waals surface area contributed by atoms with Gasteiger partial charge in [-0.15, -0.1) is 11.3 Å². The van der Waals surface area contributed by atoms with E-state index in [2.05, 4.69) is 99.2 Å². The molecule has 2 atom stereocenters. The maximum atomic E-state index is 3.76. The lowest BCUT2D eigenvalue weighted by Crippen LogP contribution is -2.40. The Balaban J connectivity index is 2.10. The van der Waals surface area contributed by atoms with Gasteiger partial charge in [-0.05, 0) is 78.6 Å². The molecular formula is C23H32BrNSSi. The summed E-state index contributed by atoms with van der Waals surface area (Å²) in [5.41, 5.74) is 9.64. The highest BCUT2D eigenvalue weighted by atomic mass is 79.9. The Morgan fingerprint density at radius 3 is 2.15 bits per heavy atom. The Kier molecular flexibility index (Phi) is 6.10. The van der Waals surface area contributed by atoms with E-state index >= 15 is 0 Å². The molecular weight excluding hydrogens is 430 g/mol. The number of anilines is 1. The number of rotatable bonds is 5. The topological polar surface area (TPSA) is 3.24 Å². The predicted octanol–water partition coefficient (Wildman–Crippen LogP) is 7.68. The van der Waals surface area contributed by atoms with E-state index in [9.17, 15) is 0 Å². The van der Waals surface area contributed by atoms with Gasteiger partial charge in [0, 0.05) is 20.6 Å². The monoisotopic (exact) mass is 461 g/mol. The zero-order valence-electron chi connectivity index (χ0n) is 17.9. The molecule has 0 N–H and O–H groups in total. The molecule has 1 aromatic heterocycles. The molecule has 0 saturated heterocycles. The van der Waals surface area contributed by atoms with Crippen LogP contribution in [0.1, 0.15) is 80.5 Å². The lowest BCUT2D eigenvalue weighted by atomic mass is 9.93. The molecule has 0 aliphatic heterocycles. The van der Waals surface area contributed by atoms with Crippen molar-refractivity contribution >= 4 is 47.5 Å². The second kappa shape index (κ2) is 7.88. The lowest BCUT2D eigenvalue weighted by molar-refractivity contribution is 0.827. The molecule has 0 amide bonds. The van der Waals surface area contributed by atoms with Crippen molar-refractivity contribution < 1.29 is 0 Å². The van der Waals surface area contributed by atoms with Crippen molar-refractivity contribution in [1.82, 2.24) is 0 Å². The molecule has 0 fully saturated rings. The van der Waals surface area contributed by atoms with Gasteiger partial charge in [-0.25, -0.2) is 0 Å². The van der Waals surface area contributed by atoms with Crippen molar-refractivity contribution in [3.8, 4) is 0 Å². The Bertz CT molecular complexity index is 851. The van der Waals surface area contributed by atoms with Gasteiger partial charge in [0.05, 0.1) is 0 Å². The number of nitrogens with zero attached hydrogens (tertiary/aromatic N) is 1. The van der Waals surface area contributed by atoms with Crippen LogP contribution in [0.3, 0.4) is 0 Å². The van der Waals surface area contributed by atoms with Crippen molar-refractivity contribution in [2.75, 3.05) is 11.6 Å². The summed E-state index contributed by atoms with van der Waals surface area (Å²) in [6.45, 7) is 16.5. The summed E-state index contributed by atoms with van der Waals surface area (Å²) in [7, 11) is 1.09. The Morgan fingerprint density at radius 1 is 1.07 bits per heavy atom. The molecule has 1 heterocycles. The standard InChI is InChI=1S/C23H32BrNSSi/c1-13(2)19-11-17(24)12-20(14(3)4)21(19)25(7)27(8)23-16(6)15(5)18-9-10-26-22(18)23/h9-14,23,27H,1-8H3. The van der Waals surface area contributed by atoms with E-state index in [-0.39, 0.29) is 0 Å². The van der Waals surface area contributed by atoms with Crippen LogP contribution in [-0.4, -0.2) is 16.0 Å². The van der Waals surface area contributed by atoms with Crippen molar-refractivity contribution in [2.24, 2.45) is 0 Å². The molecule has 0 radical (unpaired) electrons. The summed E-state index contributed by atoms with van der Waals surface area (Å²) in [6, 6.07) is 6.99. The molecule has 27 heavy (non-hydrogen) atoms. The van der Waals surface area contributed by atoms with Gasteiger partial charge in [-0.3, -0.25) is 0 Å². The third kappa shape index (κ3) is 3.61. The molecule has 2 aromatic rings. The van der Waals surface area contributed by atoms with Crippen LogP contribution in [-0.2, 0) is 0 Å².